The van der Waals surface area contributed by atoms with Crippen LogP contribution in [0.15, 0.2) is 0 Å². The number of hydrogen-bond acceptors (Lipinski definition) is 3. The van der Waals surface area contributed by atoms with Crippen molar-refractivity contribution < 1.29 is 4.74 Å². The third-order valence-corrected chi connectivity index (χ3v) is 2.81. The Labute approximate surface area is 86.4 Å². The van der Waals surface area contributed by atoms with Gasteiger partial charge in [0.25, 0.3) is 0 Å². The van der Waals surface area contributed by atoms with Gasteiger partial charge in [0.15, 0.2) is 0 Å². The van der Waals surface area contributed by atoms with Crippen LogP contribution in [-0.2, 0) is 4.74 Å². The summed E-state index contributed by atoms with van der Waals surface area (Å²) < 4.78 is 5.91. The Balaban J connectivity index is 2.25. The number of hydrogen-bond donors (Lipinski definition) is 1. The topological polar surface area (TPSA) is 45.0 Å². The van der Waals surface area contributed by atoms with Crippen LogP contribution in [0.5, 0.6) is 0 Å². The van der Waals surface area contributed by atoms with E-state index in [1.54, 1.807) is 0 Å². The predicted molar refractivity (Wildman–Crippen MR) is 55.9 cm³/mol. The lowest BCUT2D eigenvalue weighted by molar-refractivity contribution is -0.00577. The standard InChI is InChI=1S/C11H20N2O/c1-3-10(4-2)14-11-7-9(5-6-12)13-8-11/h9-11,13H,3-5,7-8H2,1-2H3. The van der Waals surface area contributed by atoms with Gasteiger partial charge in [-0.05, 0) is 19.3 Å². The molecular weight excluding hydrogens is 176 g/mol. The minimum absolute atomic E-state index is 0.318. The first-order valence-electron chi connectivity index (χ1n) is 5.55. The van der Waals surface area contributed by atoms with Crippen molar-refractivity contribution in [3.63, 3.8) is 0 Å². The molecule has 1 N–H and O–H groups in total. The summed E-state index contributed by atoms with van der Waals surface area (Å²) in [4.78, 5) is 0. The fourth-order valence-corrected chi connectivity index (χ4v) is 1.90. The highest BCUT2D eigenvalue weighted by molar-refractivity contribution is 4.89. The highest BCUT2D eigenvalue weighted by Crippen LogP contribution is 2.16. The van der Waals surface area contributed by atoms with Crippen LogP contribution in [0.1, 0.15) is 39.5 Å². The van der Waals surface area contributed by atoms with Crippen molar-refractivity contribution in [2.75, 3.05) is 6.54 Å². The maximum atomic E-state index is 8.56. The highest BCUT2D eigenvalue weighted by atomic mass is 16.5. The Morgan fingerprint density at radius 2 is 2.21 bits per heavy atom. The van der Waals surface area contributed by atoms with Crippen LogP contribution in [-0.4, -0.2) is 24.8 Å². The van der Waals surface area contributed by atoms with Crippen LogP contribution < -0.4 is 5.32 Å². The molecule has 0 aromatic carbocycles. The summed E-state index contributed by atoms with van der Waals surface area (Å²) in [5, 5.41) is 11.9. The highest BCUT2D eigenvalue weighted by Gasteiger charge is 2.25. The van der Waals surface area contributed by atoms with Gasteiger partial charge in [-0.3, -0.25) is 0 Å². The molecule has 2 atom stereocenters. The number of nitrogens with zero attached hydrogens (tertiary/aromatic N) is 1. The van der Waals surface area contributed by atoms with E-state index >= 15 is 0 Å². The Hall–Kier alpha value is -0.590. The average Bonchev–Trinajstić information content (AvgIpc) is 2.63. The van der Waals surface area contributed by atoms with Crippen LogP contribution in [0, 0.1) is 11.3 Å². The largest absolute Gasteiger partial charge is 0.374 e. The molecule has 1 aliphatic rings. The van der Waals surface area contributed by atoms with Gasteiger partial charge in [0.1, 0.15) is 0 Å². The molecular formula is C11H20N2O. The first-order chi connectivity index (χ1) is 6.80. The van der Waals surface area contributed by atoms with E-state index in [1.165, 1.54) is 0 Å². The van der Waals surface area contributed by atoms with Gasteiger partial charge in [-0.2, -0.15) is 5.26 Å². The smallest absolute Gasteiger partial charge is 0.0718 e. The third-order valence-electron chi connectivity index (χ3n) is 2.81. The van der Waals surface area contributed by atoms with Crippen LogP contribution in [0.25, 0.3) is 0 Å². The third kappa shape index (κ3) is 3.28. The molecule has 0 aromatic rings. The van der Waals surface area contributed by atoms with E-state index in [9.17, 15) is 0 Å². The van der Waals surface area contributed by atoms with Crippen molar-refractivity contribution in [3.8, 4) is 6.07 Å². The zero-order chi connectivity index (χ0) is 10.4. The van der Waals surface area contributed by atoms with Crippen molar-refractivity contribution in [1.82, 2.24) is 5.32 Å². The number of nitriles is 1. The molecule has 0 amide bonds. The molecule has 1 saturated heterocycles. The van der Waals surface area contributed by atoms with Crippen molar-refractivity contribution in [1.29, 1.82) is 5.26 Å². The molecule has 1 fully saturated rings. The van der Waals surface area contributed by atoms with Crippen LogP contribution in [0.4, 0.5) is 0 Å². The van der Waals surface area contributed by atoms with Crippen molar-refractivity contribution in [3.05, 3.63) is 0 Å². The second-order valence-corrected chi connectivity index (χ2v) is 3.90. The van der Waals surface area contributed by atoms with Gasteiger partial charge in [0.05, 0.1) is 24.7 Å². The van der Waals surface area contributed by atoms with Crippen molar-refractivity contribution in [2.45, 2.75) is 57.8 Å². The fraction of sp³-hybridized carbons (Fsp3) is 0.909. The van der Waals surface area contributed by atoms with Gasteiger partial charge in [-0.25, -0.2) is 0 Å². The zero-order valence-electron chi connectivity index (χ0n) is 9.12. The van der Waals surface area contributed by atoms with E-state index in [1.807, 2.05) is 0 Å². The van der Waals surface area contributed by atoms with Gasteiger partial charge < -0.3 is 10.1 Å². The van der Waals surface area contributed by atoms with Crippen LogP contribution in [0.3, 0.4) is 0 Å². The predicted octanol–water partition coefficient (Wildman–Crippen LogP) is 1.84. The van der Waals surface area contributed by atoms with Gasteiger partial charge in [-0.15, -0.1) is 0 Å². The number of nitrogens with one attached hydrogen (secondary N) is 1. The molecule has 0 saturated carbocycles. The minimum atomic E-state index is 0.318. The second kappa shape index (κ2) is 6.00. The summed E-state index contributed by atoms with van der Waals surface area (Å²) in [5.74, 6) is 0. The normalized spacial score (nSPS) is 26.7. The fourth-order valence-electron chi connectivity index (χ4n) is 1.90. The summed E-state index contributed by atoms with van der Waals surface area (Å²) >= 11 is 0. The molecule has 0 radical (unpaired) electrons. The molecule has 3 heteroatoms. The van der Waals surface area contributed by atoms with E-state index in [0.717, 1.165) is 25.8 Å². The lowest BCUT2D eigenvalue weighted by atomic mass is 10.1. The molecule has 1 heterocycles. The summed E-state index contributed by atoms with van der Waals surface area (Å²) in [5.41, 5.74) is 0. The summed E-state index contributed by atoms with van der Waals surface area (Å²) in [6, 6.07) is 2.54. The minimum Gasteiger partial charge on any atom is -0.374 e. The van der Waals surface area contributed by atoms with E-state index < -0.39 is 0 Å². The molecule has 2 unspecified atom stereocenters. The van der Waals surface area contributed by atoms with Crippen molar-refractivity contribution >= 4 is 0 Å². The lowest BCUT2D eigenvalue weighted by Gasteiger charge is -2.18. The SMILES string of the molecule is CCC(CC)OC1CNC(CC#N)C1. The van der Waals surface area contributed by atoms with Gasteiger partial charge in [-0.1, -0.05) is 13.8 Å². The van der Waals surface area contributed by atoms with Crippen LogP contribution in [0.2, 0.25) is 0 Å². The molecule has 14 heavy (non-hydrogen) atoms. The first-order valence-corrected chi connectivity index (χ1v) is 5.55. The first kappa shape index (κ1) is 11.5. The van der Waals surface area contributed by atoms with E-state index in [-0.39, 0.29) is 0 Å². The maximum Gasteiger partial charge on any atom is 0.0718 e. The number of rotatable bonds is 5. The molecule has 0 spiro atoms. The van der Waals surface area contributed by atoms with Crippen LogP contribution >= 0.6 is 0 Å². The molecule has 1 aliphatic heterocycles. The quantitative estimate of drug-likeness (QED) is 0.729. The van der Waals surface area contributed by atoms with Gasteiger partial charge >= 0.3 is 0 Å². The van der Waals surface area contributed by atoms with Gasteiger partial charge in [0.2, 0.25) is 0 Å². The lowest BCUT2D eigenvalue weighted by Crippen LogP contribution is -2.23. The molecule has 0 aromatic heterocycles. The molecule has 3 nitrogen and oxygen atoms in total. The zero-order valence-corrected chi connectivity index (χ0v) is 9.12. The Bertz CT molecular complexity index is 196. The van der Waals surface area contributed by atoms with Crippen molar-refractivity contribution in [2.24, 2.45) is 0 Å². The second-order valence-electron chi connectivity index (χ2n) is 3.90. The van der Waals surface area contributed by atoms with Gasteiger partial charge in [0, 0.05) is 12.6 Å². The average molecular weight is 196 g/mol. The molecule has 1 rings (SSSR count). The van der Waals surface area contributed by atoms with E-state index in [0.29, 0.717) is 24.7 Å². The summed E-state index contributed by atoms with van der Waals surface area (Å²) in [6.07, 6.45) is 4.46. The monoisotopic (exact) mass is 196 g/mol. The molecule has 0 aliphatic carbocycles. The number of ether oxygens (including phenoxy) is 1. The Kier molecular flexibility index (Phi) is 4.92. The van der Waals surface area contributed by atoms with E-state index in [4.69, 9.17) is 10.00 Å². The summed E-state index contributed by atoms with van der Waals surface area (Å²) in [6.45, 7) is 5.22. The Morgan fingerprint density at radius 3 is 2.79 bits per heavy atom. The Morgan fingerprint density at radius 1 is 1.50 bits per heavy atom. The molecule has 80 valence electrons. The summed E-state index contributed by atoms with van der Waals surface area (Å²) in [7, 11) is 0. The maximum absolute atomic E-state index is 8.56. The molecule has 0 bridgehead atoms. The van der Waals surface area contributed by atoms with E-state index in [2.05, 4.69) is 25.2 Å².